The van der Waals surface area contributed by atoms with Gasteiger partial charge < -0.3 is 0 Å². The number of hydrogen-bond acceptors (Lipinski definition) is 2. The maximum absolute atomic E-state index is 12.0. The molecule has 0 N–H and O–H groups in total. The van der Waals surface area contributed by atoms with Crippen molar-refractivity contribution < 1.29 is 9.32 Å². The summed E-state index contributed by atoms with van der Waals surface area (Å²) in [7, 11) is -1.91. The van der Waals surface area contributed by atoms with Crippen LogP contribution in [0.1, 0.15) is 143 Å². The molecule has 0 saturated carbocycles. The minimum atomic E-state index is -1.91. The average molecular weight is 551 g/mol. The monoisotopic (exact) mass is 552 g/mol. The number of carbonyl (C=O) groups is 1. The fourth-order valence-corrected chi connectivity index (χ4v) is 8.86. The number of rotatable bonds is 22. The quantitative estimate of drug-likeness (QED) is 0.0768. The summed E-state index contributed by atoms with van der Waals surface area (Å²) < 4.78 is 6.22. The third-order valence-corrected chi connectivity index (χ3v) is 10.8. The van der Waals surface area contributed by atoms with Crippen LogP contribution in [0.25, 0.3) is 0 Å². The third kappa shape index (κ3) is 20.6. The van der Waals surface area contributed by atoms with Gasteiger partial charge in [0.1, 0.15) is 0 Å². The molecule has 0 spiro atoms. The van der Waals surface area contributed by atoms with Crippen molar-refractivity contribution in [3.05, 3.63) is 0 Å². The van der Waals surface area contributed by atoms with Crippen molar-refractivity contribution in [2.75, 3.05) is 18.5 Å². The molecule has 0 amide bonds. The standard InChI is InChI=1S/C26H55O2P.Sn.2H/c1-5-8-11-14-17-20-23-29(28-26(4)27,24-21-18-15-12-9-6-2)25-22-19-16-13-10-7-3;;;/h29H,5-25H2,1-4H3;;;. The van der Waals surface area contributed by atoms with E-state index in [9.17, 15) is 4.79 Å². The summed E-state index contributed by atoms with van der Waals surface area (Å²) in [5, 5.41) is 0. The third-order valence-electron chi connectivity index (χ3n) is 6.32. The van der Waals surface area contributed by atoms with Crippen LogP contribution in [0.3, 0.4) is 0 Å². The van der Waals surface area contributed by atoms with Crippen molar-refractivity contribution >= 4 is 37.4 Å². The summed E-state index contributed by atoms with van der Waals surface area (Å²) in [6.45, 7) is 8.48. The first-order valence-electron chi connectivity index (χ1n) is 13.3. The second-order valence-corrected chi connectivity index (χ2v) is 13.4. The summed E-state index contributed by atoms with van der Waals surface area (Å²) in [6.07, 6.45) is 27.6. The molecule has 0 saturated heterocycles. The van der Waals surface area contributed by atoms with Gasteiger partial charge >= 0.3 is 208 Å². The Bertz CT molecular complexity index is 322. The molecule has 30 heavy (non-hydrogen) atoms. The molecule has 182 valence electrons. The number of hydrogen-bond donors (Lipinski definition) is 0. The Morgan fingerprint density at radius 1 is 0.533 bits per heavy atom. The topological polar surface area (TPSA) is 26.3 Å². The second-order valence-electron chi connectivity index (χ2n) is 9.33. The van der Waals surface area contributed by atoms with Gasteiger partial charge in [0.15, 0.2) is 0 Å². The van der Waals surface area contributed by atoms with Crippen molar-refractivity contribution in [3.63, 3.8) is 0 Å². The molecule has 4 heteroatoms. The summed E-state index contributed by atoms with van der Waals surface area (Å²) in [5.74, 6) is -0.0142. The molecule has 0 rings (SSSR count). The van der Waals surface area contributed by atoms with Gasteiger partial charge in [-0.05, 0) is 0 Å². The zero-order valence-corrected chi connectivity index (χ0v) is 26.4. The fourth-order valence-electron chi connectivity index (χ4n) is 4.52. The summed E-state index contributed by atoms with van der Waals surface area (Å²) in [4.78, 5) is 12.0. The van der Waals surface area contributed by atoms with Crippen molar-refractivity contribution in [3.8, 4) is 0 Å². The fraction of sp³-hybridized carbons (Fsp3) is 0.962. The van der Waals surface area contributed by atoms with E-state index in [0.717, 1.165) is 0 Å². The first-order chi connectivity index (χ1) is 14.1. The van der Waals surface area contributed by atoms with Crippen LogP contribution in [-0.2, 0) is 9.32 Å². The molecule has 0 aromatic carbocycles. The van der Waals surface area contributed by atoms with Crippen LogP contribution in [0.15, 0.2) is 0 Å². The first kappa shape index (κ1) is 32.9. The van der Waals surface area contributed by atoms with E-state index >= 15 is 0 Å². The Morgan fingerprint density at radius 3 is 1.07 bits per heavy atom. The summed E-state index contributed by atoms with van der Waals surface area (Å²) in [5.41, 5.74) is 0. The van der Waals surface area contributed by atoms with Gasteiger partial charge in [0, 0.05) is 0 Å². The van der Waals surface area contributed by atoms with Gasteiger partial charge in [0.05, 0.1) is 0 Å². The SMILES string of the molecule is CCCCCCCC[PH](CCCCCCCC)(CCCCCCCC)OC(C)=O.[SnH2]. The molecule has 2 radical (unpaired) electrons. The van der Waals surface area contributed by atoms with Gasteiger partial charge in [0.25, 0.3) is 0 Å². The molecule has 0 aliphatic rings. The van der Waals surface area contributed by atoms with Gasteiger partial charge in [-0.15, -0.1) is 0 Å². The van der Waals surface area contributed by atoms with E-state index in [1.54, 1.807) is 6.92 Å². The molecule has 0 aliphatic heterocycles. The summed E-state index contributed by atoms with van der Waals surface area (Å²) in [6, 6.07) is 0. The summed E-state index contributed by atoms with van der Waals surface area (Å²) >= 11 is 0. The molecule has 0 bridgehead atoms. The van der Waals surface area contributed by atoms with E-state index in [1.165, 1.54) is 134 Å². The molecule has 0 atom stereocenters. The molecular formula is C26H57O2PSn. The molecule has 0 fully saturated rings. The van der Waals surface area contributed by atoms with Crippen LogP contribution >= 0.6 is 7.49 Å². The van der Waals surface area contributed by atoms with E-state index in [2.05, 4.69) is 20.8 Å². The average Bonchev–Trinajstić information content (AvgIpc) is 2.69. The van der Waals surface area contributed by atoms with Gasteiger partial charge in [-0.1, -0.05) is 0 Å². The Labute approximate surface area is 207 Å². The molecule has 0 unspecified atom stereocenters. The Kier molecular flexibility index (Phi) is 26.7. The van der Waals surface area contributed by atoms with E-state index in [1.807, 2.05) is 0 Å². The van der Waals surface area contributed by atoms with Crippen LogP contribution in [0, 0.1) is 0 Å². The minimum absolute atomic E-state index is 0. The van der Waals surface area contributed by atoms with E-state index in [4.69, 9.17) is 4.52 Å². The first-order valence-corrected chi connectivity index (χ1v) is 15.8. The van der Waals surface area contributed by atoms with Crippen molar-refractivity contribution in [2.45, 2.75) is 143 Å². The number of unbranched alkanes of at least 4 members (excludes halogenated alkanes) is 15. The molecule has 0 aromatic rings. The van der Waals surface area contributed by atoms with Gasteiger partial charge in [-0.3, -0.25) is 0 Å². The zero-order chi connectivity index (χ0) is 21.6. The van der Waals surface area contributed by atoms with E-state index < -0.39 is 7.49 Å². The van der Waals surface area contributed by atoms with Crippen LogP contribution in [0.5, 0.6) is 0 Å². The van der Waals surface area contributed by atoms with Crippen molar-refractivity contribution in [1.82, 2.24) is 0 Å². The van der Waals surface area contributed by atoms with Crippen LogP contribution in [0.2, 0.25) is 0 Å². The van der Waals surface area contributed by atoms with Gasteiger partial charge in [0.2, 0.25) is 0 Å². The van der Waals surface area contributed by atoms with Crippen molar-refractivity contribution in [2.24, 2.45) is 0 Å². The van der Waals surface area contributed by atoms with Crippen LogP contribution < -0.4 is 0 Å². The molecule has 0 aromatic heterocycles. The Hall–Kier alpha value is 0.699. The zero-order valence-electron chi connectivity index (χ0n) is 21.4. The van der Waals surface area contributed by atoms with E-state index in [-0.39, 0.29) is 29.9 Å². The predicted molar refractivity (Wildman–Crippen MR) is 143 cm³/mol. The van der Waals surface area contributed by atoms with Crippen molar-refractivity contribution in [1.29, 1.82) is 0 Å². The van der Waals surface area contributed by atoms with Crippen LogP contribution in [-0.4, -0.2) is 48.4 Å². The Balaban J connectivity index is 0. The second kappa shape index (κ2) is 24.3. The molecule has 2 nitrogen and oxygen atoms in total. The van der Waals surface area contributed by atoms with Gasteiger partial charge in [-0.25, -0.2) is 0 Å². The molecular weight excluding hydrogens is 494 g/mol. The van der Waals surface area contributed by atoms with Gasteiger partial charge in [-0.2, -0.15) is 0 Å². The number of carbonyl (C=O) groups excluding carboxylic acids is 1. The predicted octanol–water partition coefficient (Wildman–Crippen LogP) is 8.38. The Morgan fingerprint density at radius 2 is 0.800 bits per heavy atom. The molecule has 0 heterocycles. The van der Waals surface area contributed by atoms with Crippen LogP contribution in [0.4, 0.5) is 0 Å². The maximum atomic E-state index is 12.0. The normalized spacial score (nSPS) is 11.9. The van der Waals surface area contributed by atoms with E-state index in [0.29, 0.717) is 0 Å². The molecule has 0 aliphatic carbocycles.